The number of rotatable bonds is 6. The first-order valence-electron chi connectivity index (χ1n) is 8.63. The SMILES string of the molecule is CC(C)C(CCN)CCC(=O)N1CCC2CCCCC21. The minimum Gasteiger partial charge on any atom is -0.339 e. The molecular weight excluding hydrogens is 248 g/mol. The van der Waals surface area contributed by atoms with Crippen molar-refractivity contribution in [3.63, 3.8) is 0 Å². The van der Waals surface area contributed by atoms with Crippen molar-refractivity contribution in [1.82, 2.24) is 4.90 Å². The molecule has 116 valence electrons. The number of likely N-dealkylation sites (tertiary alicyclic amines) is 1. The highest BCUT2D eigenvalue weighted by atomic mass is 16.2. The Hall–Kier alpha value is -0.570. The molecule has 0 radical (unpaired) electrons. The average Bonchev–Trinajstić information content (AvgIpc) is 2.86. The van der Waals surface area contributed by atoms with E-state index in [2.05, 4.69) is 18.7 Å². The van der Waals surface area contributed by atoms with E-state index in [-0.39, 0.29) is 0 Å². The van der Waals surface area contributed by atoms with Gasteiger partial charge in [-0.25, -0.2) is 0 Å². The molecule has 20 heavy (non-hydrogen) atoms. The summed E-state index contributed by atoms with van der Waals surface area (Å²) in [6.45, 7) is 6.25. The number of nitrogens with zero attached hydrogens (tertiary/aromatic N) is 1. The lowest BCUT2D eigenvalue weighted by Crippen LogP contribution is -2.39. The average molecular weight is 280 g/mol. The molecule has 2 N–H and O–H groups in total. The van der Waals surface area contributed by atoms with Crippen LogP contribution < -0.4 is 5.73 Å². The lowest BCUT2D eigenvalue weighted by Gasteiger charge is -2.32. The van der Waals surface area contributed by atoms with Crippen LogP contribution in [0.5, 0.6) is 0 Å². The summed E-state index contributed by atoms with van der Waals surface area (Å²) in [5.74, 6) is 2.45. The zero-order valence-electron chi connectivity index (χ0n) is 13.3. The third kappa shape index (κ3) is 3.75. The molecule has 0 aromatic carbocycles. The molecule has 1 saturated heterocycles. The number of hydrogen-bond donors (Lipinski definition) is 1. The summed E-state index contributed by atoms with van der Waals surface area (Å²) in [4.78, 5) is 14.7. The summed E-state index contributed by atoms with van der Waals surface area (Å²) < 4.78 is 0. The summed E-state index contributed by atoms with van der Waals surface area (Å²) >= 11 is 0. The normalized spacial score (nSPS) is 27.7. The molecule has 1 aliphatic carbocycles. The van der Waals surface area contributed by atoms with E-state index >= 15 is 0 Å². The molecule has 2 rings (SSSR count). The smallest absolute Gasteiger partial charge is 0.222 e. The first kappa shape index (κ1) is 15.8. The van der Waals surface area contributed by atoms with Gasteiger partial charge in [0.25, 0.3) is 0 Å². The third-order valence-corrected chi connectivity index (χ3v) is 5.54. The highest BCUT2D eigenvalue weighted by Crippen LogP contribution is 2.36. The molecule has 3 nitrogen and oxygen atoms in total. The standard InChI is InChI=1S/C17H32N2O/c1-13(2)14(9-11-18)7-8-17(20)19-12-10-15-5-3-4-6-16(15)19/h13-16H,3-12,18H2,1-2H3. The van der Waals surface area contributed by atoms with Crippen LogP contribution in [0.2, 0.25) is 0 Å². The van der Waals surface area contributed by atoms with Crippen LogP contribution in [0.25, 0.3) is 0 Å². The molecule has 1 amide bonds. The zero-order chi connectivity index (χ0) is 14.5. The molecule has 0 spiro atoms. The van der Waals surface area contributed by atoms with Gasteiger partial charge in [0.15, 0.2) is 0 Å². The topological polar surface area (TPSA) is 46.3 Å². The molecule has 3 atom stereocenters. The van der Waals surface area contributed by atoms with Crippen LogP contribution in [0.3, 0.4) is 0 Å². The number of carbonyl (C=O) groups excluding carboxylic acids is 1. The van der Waals surface area contributed by atoms with Crippen LogP contribution in [0, 0.1) is 17.8 Å². The minimum atomic E-state index is 0.405. The van der Waals surface area contributed by atoms with Gasteiger partial charge in [0.1, 0.15) is 0 Å². The Labute approximate surface area is 124 Å². The van der Waals surface area contributed by atoms with Gasteiger partial charge in [-0.2, -0.15) is 0 Å². The Morgan fingerprint density at radius 1 is 1.20 bits per heavy atom. The number of carbonyl (C=O) groups is 1. The molecule has 1 saturated carbocycles. The predicted octanol–water partition coefficient (Wildman–Crippen LogP) is 3.18. The Morgan fingerprint density at radius 2 is 1.95 bits per heavy atom. The van der Waals surface area contributed by atoms with E-state index < -0.39 is 0 Å². The highest BCUT2D eigenvalue weighted by Gasteiger charge is 2.37. The van der Waals surface area contributed by atoms with Crippen molar-refractivity contribution in [2.75, 3.05) is 13.1 Å². The molecule has 2 fully saturated rings. The maximum atomic E-state index is 12.5. The van der Waals surface area contributed by atoms with Crippen LogP contribution in [-0.2, 0) is 4.79 Å². The van der Waals surface area contributed by atoms with Crippen LogP contribution >= 0.6 is 0 Å². The summed E-state index contributed by atoms with van der Waals surface area (Å²) in [7, 11) is 0. The third-order valence-electron chi connectivity index (χ3n) is 5.54. The maximum Gasteiger partial charge on any atom is 0.222 e. The Morgan fingerprint density at radius 3 is 2.65 bits per heavy atom. The number of nitrogens with two attached hydrogens (primary N) is 1. The van der Waals surface area contributed by atoms with Crippen molar-refractivity contribution in [2.24, 2.45) is 23.5 Å². The van der Waals surface area contributed by atoms with Crippen molar-refractivity contribution in [1.29, 1.82) is 0 Å². The van der Waals surface area contributed by atoms with E-state index in [4.69, 9.17) is 5.73 Å². The monoisotopic (exact) mass is 280 g/mol. The Balaban J connectivity index is 1.82. The van der Waals surface area contributed by atoms with Gasteiger partial charge in [-0.15, -0.1) is 0 Å². The molecule has 0 bridgehead atoms. The Kier molecular flexibility index (Phi) is 5.88. The van der Waals surface area contributed by atoms with Crippen LogP contribution in [-0.4, -0.2) is 29.9 Å². The molecule has 3 unspecified atom stereocenters. The first-order chi connectivity index (χ1) is 9.63. The number of hydrogen-bond acceptors (Lipinski definition) is 2. The fourth-order valence-corrected chi connectivity index (χ4v) is 4.19. The van der Waals surface area contributed by atoms with Crippen molar-refractivity contribution in [3.05, 3.63) is 0 Å². The fourth-order valence-electron chi connectivity index (χ4n) is 4.19. The van der Waals surface area contributed by atoms with Crippen molar-refractivity contribution < 1.29 is 4.79 Å². The van der Waals surface area contributed by atoms with E-state index in [9.17, 15) is 4.79 Å². The van der Waals surface area contributed by atoms with Gasteiger partial charge >= 0.3 is 0 Å². The lowest BCUT2D eigenvalue weighted by molar-refractivity contribution is -0.133. The summed E-state index contributed by atoms with van der Waals surface area (Å²) in [6, 6.07) is 0.572. The van der Waals surface area contributed by atoms with Gasteiger partial charge < -0.3 is 10.6 Å². The van der Waals surface area contributed by atoms with Gasteiger partial charge in [-0.3, -0.25) is 4.79 Å². The number of fused-ring (bicyclic) bond motifs is 1. The number of amides is 1. The Bertz CT molecular complexity index is 316. The van der Waals surface area contributed by atoms with E-state index in [0.29, 0.717) is 23.8 Å². The quantitative estimate of drug-likeness (QED) is 0.812. The maximum absolute atomic E-state index is 12.5. The van der Waals surface area contributed by atoms with Gasteiger partial charge in [-0.05, 0) is 56.4 Å². The van der Waals surface area contributed by atoms with E-state index in [1.807, 2.05) is 0 Å². The zero-order valence-corrected chi connectivity index (χ0v) is 13.3. The second kappa shape index (κ2) is 7.44. The van der Waals surface area contributed by atoms with Crippen molar-refractivity contribution in [3.8, 4) is 0 Å². The van der Waals surface area contributed by atoms with E-state index in [1.54, 1.807) is 0 Å². The molecule has 0 aromatic rings. The van der Waals surface area contributed by atoms with Crippen LogP contribution in [0.15, 0.2) is 0 Å². The molecule has 1 heterocycles. The second-order valence-corrected chi connectivity index (χ2v) is 7.11. The molecule has 0 aromatic heterocycles. The summed E-state index contributed by atoms with van der Waals surface area (Å²) in [5.41, 5.74) is 5.69. The highest BCUT2D eigenvalue weighted by molar-refractivity contribution is 5.76. The van der Waals surface area contributed by atoms with Gasteiger partial charge in [0, 0.05) is 19.0 Å². The summed E-state index contributed by atoms with van der Waals surface area (Å²) in [5, 5.41) is 0. The van der Waals surface area contributed by atoms with Gasteiger partial charge in [-0.1, -0.05) is 26.7 Å². The summed E-state index contributed by atoms with van der Waals surface area (Å²) in [6.07, 6.45) is 9.31. The fraction of sp³-hybridized carbons (Fsp3) is 0.941. The molecule has 2 aliphatic rings. The molecular formula is C17H32N2O. The van der Waals surface area contributed by atoms with Gasteiger partial charge in [0.05, 0.1) is 0 Å². The van der Waals surface area contributed by atoms with Crippen LogP contribution in [0.4, 0.5) is 0 Å². The molecule has 1 aliphatic heterocycles. The minimum absolute atomic E-state index is 0.405. The predicted molar refractivity (Wildman–Crippen MR) is 83.3 cm³/mol. The van der Waals surface area contributed by atoms with Crippen molar-refractivity contribution in [2.45, 2.75) is 71.3 Å². The van der Waals surface area contributed by atoms with Gasteiger partial charge in [0.2, 0.25) is 5.91 Å². The molecule has 3 heteroatoms. The second-order valence-electron chi connectivity index (χ2n) is 7.11. The van der Waals surface area contributed by atoms with Crippen molar-refractivity contribution >= 4 is 5.91 Å². The van der Waals surface area contributed by atoms with E-state index in [0.717, 1.165) is 38.3 Å². The first-order valence-corrected chi connectivity index (χ1v) is 8.63. The van der Waals surface area contributed by atoms with E-state index in [1.165, 1.54) is 32.1 Å². The largest absolute Gasteiger partial charge is 0.339 e. The lowest BCUT2D eigenvalue weighted by atomic mass is 9.85. The van der Waals surface area contributed by atoms with Crippen LogP contribution in [0.1, 0.15) is 65.2 Å².